The van der Waals surface area contributed by atoms with Crippen molar-refractivity contribution >= 4 is 23.4 Å². The van der Waals surface area contributed by atoms with Crippen LogP contribution in [-0.4, -0.2) is 35.6 Å². The molecule has 0 spiro atoms. The number of amides is 2. The van der Waals surface area contributed by atoms with Crippen molar-refractivity contribution in [2.45, 2.75) is 24.9 Å². The first kappa shape index (κ1) is 14.8. The van der Waals surface area contributed by atoms with Crippen molar-refractivity contribution < 1.29 is 14.7 Å². The molecule has 108 valence electrons. The predicted octanol–water partition coefficient (Wildman–Crippen LogP) is 1.10. The summed E-state index contributed by atoms with van der Waals surface area (Å²) in [5, 5.41) is 15.3. The third-order valence-corrected chi connectivity index (χ3v) is 3.76. The Labute approximate surface area is 122 Å². The van der Waals surface area contributed by atoms with Gasteiger partial charge in [0.15, 0.2) is 0 Å². The highest BCUT2D eigenvalue weighted by Gasteiger charge is 2.34. The SMILES string of the molecule is O=C(CNC(=O)c1ccccc1Cl)NCC1(O)CCC1. The first-order chi connectivity index (χ1) is 9.50. The average molecular weight is 297 g/mol. The van der Waals surface area contributed by atoms with Crippen LogP contribution in [0.3, 0.4) is 0 Å². The van der Waals surface area contributed by atoms with Crippen LogP contribution >= 0.6 is 11.6 Å². The molecule has 0 heterocycles. The lowest BCUT2D eigenvalue weighted by molar-refractivity contribution is -0.122. The van der Waals surface area contributed by atoms with Crippen molar-refractivity contribution in [3.8, 4) is 0 Å². The molecule has 0 aromatic heterocycles. The molecule has 0 aliphatic heterocycles. The van der Waals surface area contributed by atoms with E-state index in [0.29, 0.717) is 23.4 Å². The molecule has 1 aromatic rings. The topological polar surface area (TPSA) is 78.4 Å². The molecule has 3 N–H and O–H groups in total. The zero-order valence-corrected chi connectivity index (χ0v) is 11.7. The van der Waals surface area contributed by atoms with E-state index in [1.54, 1.807) is 24.3 Å². The third kappa shape index (κ3) is 3.71. The van der Waals surface area contributed by atoms with Crippen LogP contribution in [0.4, 0.5) is 0 Å². The molecule has 0 atom stereocenters. The van der Waals surface area contributed by atoms with Gasteiger partial charge >= 0.3 is 0 Å². The van der Waals surface area contributed by atoms with Gasteiger partial charge < -0.3 is 15.7 Å². The molecule has 0 bridgehead atoms. The Morgan fingerprint density at radius 2 is 1.95 bits per heavy atom. The molecular formula is C14H17ClN2O3. The number of carbonyl (C=O) groups excluding carboxylic acids is 2. The van der Waals surface area contributed by atoms with E-state index in [4.69, 9.17) is 11.6 Å². The Bertz CT molecular complexity index is 515. The maximum atomic E-state index is 11.8. The van der Waals surface area contributed by atoms with E-state index in [1.807, 2.05) is 0 Å². The van der Waals surface area contributed by atoms with Gasteiger partial charge in [0.1, 0.15) is 0 Å². The molecule has 1 fully saturated rings. The maximum Gasteiger partial charge on any atom is 0.253 e. The summed E-state index contributed by atoms with van der Waals surface area (Å²) >= 11 is 5.89. The summed E-state index contributed by atoms with van der Waals surface area (Å²) in [6.45, 7) is 0.0912. The molecule has 20 heavy (non-hydrogen) atoms. The largest absolute Gasteiger partial charge is 0.388 e. The summed E-state index contributed by atoms with van der Waals surface area (Å²) in [6.07, 6.45) is 2.40. The number of carbonyl (C=O) groups is 2. The van der Waals surface area contributed by atoms with Crippen LogP contribution < -0.4 is 10.6 Å². The number of nitrogens with one attached hydrogen (secondary N) is 2. The summed E-state index contributed by atoms with van der Waals surface area (Å²) < 4.78 is 0. The molecule has 2 amide bonds. The number of halogens is 1. The summed E-state index contributed by atoms with van der Waals surface area (Å²) in [6, 6.07) is 6.63. The Kier molecular flexibility index (Phi) is 4.62. The van der Waals surface area contributed by atoms with Crippen LogP contribution in [0.25, 0.3) is 0 Å². The summed E-state index contributed by atoms with van der Waals surface area (Å²) in [5.41, 5.74) is -0.429. The molecular weight excluding hydrogens is 280 g/mol. The minimum Gasteiger partial charge on any atom is -0.388 e. The average Bonchev–Trinajstić information content (AvgIpc) is 2.41. The fourth-order valence-corrected chi connectivity index (χ4v) is 2.21. The van der Waals surface area contributed by atoms with Gasteiger partial charge in [-0.15, -0.1) is 0 Å². The van der Waals surface area contributed by atoms with Crippen molar-refractivity contribution in [3.05, 3.63) is 34.9 Å². The maximum absolute atomic E-state index is 11.8. The van der Waals surface area contributed by atoms with Crippen molar-refractivity contribution in [1.82, 2.24) is 10.6 Å². The van der Waals surface area contributed by atoms with Crippen LogP contribution in [0.15, 0.2) is 24.3 Å². The van der Waals surface area contributed by atoms with Crippen molar-refractivity contribution in [1.29, 1.82) is 0 Å². The van der Waals surface area contributed by atoms with E-state index < -0.39 is 11.5 Å². The minimum atomic E-state index is -0.762. The third-order valence-electron chi connectivity index (χ3n) is 3.43. The molecule has 1 aromatic carbocycles. The van der Waals surface area contributed by atoms with Gasteiger partial charge in [-0.3, -0.25) is 9.59 Å². The van der Waals surface area contributed by atoms with E-state index in [1.165, 1.54) is 0 Å². The van der Waals surface area contributed by atoms with Gasteiger partial charge in [0.25, 0.3) is 5.91 Å². The zero-order valence-electron chi connectivity index (χ0n) is 11.0. The highest BCUT2D eigenvalue weighted by molar-refractivity contribution is 6.33. The minimum absolute atomic E-state index is 0.139. The highest BCUT2D eigenvalue weighted by Crippen LogP contribution is 2.30. The number of benzene rings is 1. The van der Waals surface area contributed by atoms with Gasteiger partial charge in [-0.25, -0.2) is 0 Å². The highest BCUT2D eigenvalue weighted by atomic mass is 35.5. The number of hydrogen-bond donors (Lipinski definition) is 3. The summed E-state index contributed by atoms with van der Waals surface area (Å²) in [4.78, 5) is 23.4. The van der Waals surface area contributed by atoms with Gasteiger partial charge in [0.2, 0.25) is 5.91 Å². The van der Waals surface area contributed by atoms with Crippen molar-refractivity contribution in [2.24, 2.45) is 0 Å². The van der Waals surface area contributed by atoms with Crippen LogP contribution in [0.2, 0.25) is 5.02 Å². The van der Waals surface area contributed by atoms with Crippen LogP contribution in [0, 0.1) is 0 Å². The van der Waals surface area contributed by atoms with E-state index in [0.717, 1.165) is 6.42 Å². The molecule has 6 heteroatoms. The van der Waals surface area contributed by atoms with Gasteiger partial charge in [-0.1, -0.05) is 23.7 Å². The van der Waals surface area contributed by atoms with Crippen molar-refractivity contribution in [2.75, 3.05) is 13.1 Å². The summed E-state index contributed by atoms with van der Waals surface area (Å²) in [5.74, 6) is -0.723. The quantitative estimate of drug-likeness (QED) is 0.761. The smallest absolute Gasteiger partial charge is 0.253 e. The number of hydrogen-bond acceptors (Lipinski definition) is 3. The zero-order chi connectivity index (χ0) is 14.6. The Hall–Kier alpha value is -1.59. The normalized spacial score (nSPS) is 16.1. The first-order valence-electron chi connectivity index (χ1n) is 6.52. The van der Waals surface area contributed by atoms with Crippen molar-refractivity contribution in [3.63, 3.8) is 0 Å². The Morgan fingerprint density at radius 3 is 2.55 bits per heavy atom. The Balaban J connectivity index is 1.76. The Morgan fingerprint density at radius 1 is 1.25 bits per heavy atom. The van der Waals surface area contributed by atoms with Gasteiger partial charge in [-0.05, 0) is 31.4 Å². The lowest BCUT2D eigenvalue weighted by atomic mass is 9.80. The monoisotopic (exact) mass is 296 g/mol. The molecule has 1 aliphatic carbocycles. The fourth-order valence-electron chi connectivity index (χ4n) is 1.99. The van der Waals surface area contributed by atoms with Gasteiger partial charge in [0, 0.05) is 6.54 Å². The predicted molar refractivity (Wildman–Crippen MR) is 75.6 cm³/mol. The van der Waals surface area contributed by atoms with Gasteiger partial charge in [-0.2, -0.15) is 0 Å². The molecule has 2 rings (SSSR count). The second-order valence-electron chi connectivity index (χ2n) is 5.02. The van der Waals surface area contributed by atoms with E-state index in [9.17, 15) is 14.7 Å². The molecule has 0 radical (unpaired) electrons. The summed E-state index contributed by atoms with van der Waals surface area (Å²) in [7, 11) is 0. The standard InChI is InChI=1S/C14H17ClN2O3/c15-11-5-2-1-4-10(11)13(19)16-8-12(18)17-9-14(20)6-3-7-14/h1-2,4-5,20H,3,6-9H2,(H,16,19)(H,17,18). The number of aliphatic hydroxyl groups is 1. The second-order valence-corrected chi connectivity index (χ2v) is 5.42. The van der Waals surface area contributed by atoms with E-state index in [2.05, 4.69) is 10.6 Å². The van der Waals surface area contributed by atoms with Crippen LogP contribution in [-0.2, 0) is 4.79 Å². The first-order valence-corrected chi connectivity index (χ1v) is 6.90. The molecule has 0 unspecified atom stereocenters. The number of rotatable bonds is 5. The molecule has 5 nitrogen and oxygen atoms in total. The lowest BCUT2D eigenvalue weighted by Gasteiger charge is -2.36. The van der Waals surface area contributed by atoms with E-state index in [-0.39, 0.29) is 19.0 Å². The fraction of sp³-hybridized carbons (Fsp3) is 0.429. The van der Waals surface area contributed by atoms with Gasteiger partial charge in [0.05, 0.1) is 22.7 Å². The van der Waals surface area contributed by atoms with Crippen LogP contribution in [0.5, 0.6) is 0 Å². The molecule has 1 saturated carbocycles. The molecule has 0 saturated heterocycles. The second kappa shape index (κ2) is 6.24. The lowest BCUT2D eigenvalue weighted by Crippen LogP contribution is -2.49. The molecule has 1 aliphatic rings. The van der Waals surface area contributed by atoms with Crippen LogP contribution in [0.1, 0.15) is 29.6 Å². The van der Waals surface area contributed by atoms with E-state index >= 15 is 0 Å².